The zero-order chi connectivity index (χ0) is 18.8. The van der Waals surface area contributed by atoms with Crippen molar-refractivity contribution < 1.29 is 23.9 Å². The monoisotopic (exact) mass is 362 g/mol. The molecule has 0 saturated carbocycles. The van der Waals surface area contributed by atoms with Gasteiger partial charge in [-0.2, -0.15) is 0 Å². The molecule has 2 rings (SSSR count). The molecule has 0 bridgehead atoms. The summed E-state index contributed by atoms with van der Waals surface area (Å²) in [6, 6.07) is 7.63. The second kappa shape index (κ2) is 10.4. The van der Waals surface area contributed by atoms with E-state index in [1.165, 1.54) is 4.90 Å². The number of aryl methyl sites for hydroxylation is 1. The molecule has 0 aliphatic carbocycles. The summed E-state index contributed by atoms with van der Waals surface area (Å²) in [4.78, 5) is 36.8. The molecule has 142 valence electrons. The quantitative estimate of drug-likeness (QED) is 0.559. The highest BCUT2D eigenvalue weighted by molar-refractivity contribution is 5.84. The minimum Gasteiger partial charge on any atom is -0.492 e. The third kappa shape index (κ3) is 7.13. The van der Waals surface area contributed by atoms with Gasteiger partial charge in [0, 0.05) is 13.0 Å². The van der Waals surface area contributed by atoms with Gasteiger partial charge in [-0.25, -0.2) is 0 Å². The van der Waals surface area contributed by atoms with Gasteiger partial charge in [0.25, 0.3) is 5.91 Å². The van der Waals surface area contributed by atoms with E-state index in [1.807, 2.05) is 31.2 Å². The molecule has 1 aliphatic rings. The van der Waals surface area contributed by atoms with Crippen LogP contribution in [0, 0.1) is 6.92 Å². The Hall–Kier alpha value is -2.57. The summed E-state index contributed by atoms with van der Waals surface area (Å²) in [6.45, 7) is 2.73. The third-order valence-corrected chi connectivity index (χ3v) is 4.04. The third-order valence-electron chi connectivity index (χ3n) is 4.04. The van der Waals surface area contributed by atoms with Gasteiger partial charge < -0.3 is 19.7 Å². The number of esters is 1. The maximum Gasteiger partial charge on any atom is 0.326 e. The van der Waals surface area contributed by atoms with Crippen LogP contribution >= 0.6 is 0 Å². The van der Waals surface area contributed by atoms with E-state index in [-0.39, 0.29) is 19.1 Å². The van der Waals surface area contributed by atoms with Crippen molar-refractivity contribution in [3.63, 3.8) is 0 Å². The highest BCUT2D eigenvalue weighted by Gasteiger charge is 2.20. The van der Waals surface area contributed by atoms with E-state index in [4.69, 9.17) is 9.47 Å². The van der Waals surface area contributed by atoms with E-state index in [9.17, 15) is 14.4 Å². The van der Waals surface area contributed by atoms with Crippen molar-refractivity contribution in [2.45, 2.75) is 32.6 Å². The lowest BCUT2D eigenvalue weighted by molar-refractivity contribution is -0.152. The van der Waals surface area contributed by atoms with E-state index >= 15 is 0 Å². The first-order chi connectivity index (χ1) is 12.5. The van der Waals surface area contributed by atoms with Crippen LogP contribution in [0.4, 0.5) is 0 Å². The second-order valence-corrected chi connectivity index (χ2v) is 6.30. The second-order valence-electron chi connectivity index (χ2n) is 6.30. The minimum atomic E-state index is -0.564. The maximum atomic E-state index is 11.8. The van der Waals surface area contributed by atoms with E-state index < -0.39 is 11.9 Å². The molecule has 0 radical (unpaired) electrons. The van der Waals surface area contributed by atoms with Crippen LogP contribution in [-0.4, -0.2) is 55.5 Å². The maximum absolute atomic E-state index is 11.8. The van der Waals surface area contributed by atoms with Crippen LogP contribution in [0.1, 0.15) is 31.2 Å². The summed E-state index contributed by atoms with van der Waals surface area (Å²) in [5, 5.41) is 2.62. The number of benzene rings is 1. The fourth-order valence-electron chi connectivity index (χ4n) is 2.67. The molecule has 7 heteroatoms. The fourth-order valence-corrected chi connectivity index (χ4v) is 2.67. The predicted octanol–water partition coefficient (Wildman–Crippen LogP) is 1.44. The first-order valence-corrected chi connectivity index (χ1v) is 8.94. The van der Waals surface area contributed by atoms with Crippen LogP contribution in [0.3, 0.4) is 0 Å². The van der Waals surface area contributed by atoms with Crippen molar-refractivity contribution >= 4 is 17.8 Å². The summed E-state index contributed by atoms with van der Waals surface area (Å²) in [5.74, 6) is -0.246. The van der Waals surface area contributed by atoms with Gasteiger partial charge in [-0.3, -0.25) is 14.4 Å². The van der Waals surface area contributed by atoms with Gasteiger partial charge in [0.05, 0.1) is 6.54 Å². The van der Waals surface area contributed by atoms with E-state index in [2.05, 4.69) is 5.32 Å². The Morgan fingerprint density at radius 1 is 1.23 bits per heavy atom. The average Bonchev–Trinajstić information content (AvgIpc) is 2.82. The number of carbonyl (C=O) groups excluding carboxylic acids is 3. The summed E-state index contributed by atoms with van der Waals surface area (Å²) < 4.78 is 10.5. The van der Waals surface area contributed by atoms with E-state index in [1.54, 1.807) is 0 Å². The largest absolute Gasteiger partial charge is 0.492 e. The van der Waals surface area contributed by atoms with Crippen molar-refractivity contribution in [1.82, 2.24) is 10.2 Å². The van der Waals surface area contributed by atoms with Crippen molar-refractivity contribution in [1.29, 1.82) is 0 Å². The smallest absolute Gasteiger partial charge is 0.326 e. The minimum absolute atomic E-state index is 0.0304. The molecule has 0 aromatic heterocycles. The van der Waals surface area contributed by atoms with Crippen LogP contribution in [-0.2, 0) is 19.1 Å². The number of hydrogen-bond donors (Lipinski definition) is 1. The van der Waals surface area contributed by atoms with Crippen LogP contribution in [0.5, 0.6) is 5.75 Å². The molecule has 1 saturated heterocycles. The zero-order valence-electron chi connectivity index (χ0n) is 15.2. The first kappa shape index (κ1) is 19.8. The van der Waals surface area contributed by atoms with Crippen LogP contribution in [0.25, 0.3) is 0 Å². The Labute approximate surface area is 153 Å². The summed E-state index contributed by atoms with van der Waals surface area (Å²) in [6.07, 6.45) is 3.21. The molecule has 0 unspecified atom stereocenters. The van der Waals surface area contributed by atoms with Gasteiger partial charge in [0.15, 0.2) is 6.61 Å². The van der Waals surface area contributed by atoms with Gasteiger partial charge >= 0.3 is 5.97 Å². The molecule has 1 N–H and O–H groups in total. The topological polar surface area (TPSA) is 84.9 Å². The van der Waals surface area contributed by atoms with Crippen molar-refractivity contribution in [2.75, 3.05) is 32.8 Å². The number of nitrogens with one attached hydrogen (secondary N) is 1. The number of likely N-dealkylation sites (tertiary alicyclic amines) is 1. The number of hydrogen-bond acceptors (Lipinski definition) is 5. The Morgan fingerprint density at radius 2 is 2.08 bits per heavy atom. The Morgan fingerprint density at radius 3 is 2.88 bits per heavy atom. The number of rotatable bonds is 8. The number of nitrogens with zero attached hydrogens (tertiary/aromatic N) is 1. The van der Waals surface area contributed by atoms with Gasteiger partial charge in [-0.15, -0.1) is 0 Å². The molecule has 26 heavy (non-hydrogen) atoms. The van der Waals surface area contributed by atoms with Gasteiger partial charge in [0.1, 0.15) is 18.9 Å². The van der Waals surface area contributed by atoms with Crippen LogP contribution in [0.15, 0.2) is 24.3 Å². The molecule has 0 spiro atoms. The fraction of sp³-hybridized carbons (Fsp3) is 0.526. The Balaban J connectivity index is 1.59. The van der Waals surface area contributed by atoms with Gasteiger partial charge in [-0.05, 0) is 37.5 Å². The lowest BCUT2D eigenvalue weighted by Crippen LogP contribution is -2.38. The highest BCUT2D eigenvalue weighted by atomic mass is 16.5. The van der Waals surface area contributed by atoms with E-state index in [0.29, 0.717) is 26.1 Å². The molecule has 1 aromatic rings. The molecule has 1 aromatic carbocycles. The van der Waals surface area contributed by atoms with Crippen molar-refractivity contribution in [2.24, 2.45) is 0 Å². The van der Waals surface area contributed by atoms with Gasteiger partial charge in [-0.1, -0.05) is 18.6 Å². The van der Waals surface area contributed by atoms with Gasteiger partial charge in [0.2, 0.25) is 5.91 Å². The molecule has 0 atom stereocenters. The lowest BCUT2D eigenvalue weighted by atomic mass is 10.2. The zero-order valence-corrected chi connectivity index (χ0v) is 15.2. The summed E-state index contributed by atoms with van der Waals surface area (Å²) in [5.41, 5.74) is 1.10. The van der Waals surface area contributed by atoms with Crippen LogP contribution in [0.2, 0.25) is 0 Å². The summed E-state index contributed by atoms with van der Waals surface area (Å²) in [7, 11) is 0. The average molecular weight is 362 g/mol. The molecule has 1 heterocycles. The molecule has 1 fully saturated rings. The number of ether oxygens (including phenoxy) is 2. The molecule has 7 nitrogen and oxygen atoms in total. The van der Waals surface area contributed by atoms with E-state index in [0.717, 1.165) is 30.6 Å². The summed E-state index contributed by atoms with van der Waals surface area (Å²) >= 11 is 0. The van der Waals surface area contributed by atoms with Crippen molar-refractivity contribution in [3.8, 4) is 5.75 Å². The lowest BCUT2D eigenvalue weighted by Gasteiger charge is -2.19. The normalized spacial score (nSPS) is 14.5. The van der Waals surface area contributed by atoms with Crippen LogP contribution < -0.4 is 10.1 Å². The predicted molar refractivity (Wildman–Crippen MR) is 95.7 cm³/mol. The number of carbonyl (C=O) groups is 3. The molecular formula is C19H26N2O5. The highest BCUT2D eigenvalue weighted by Crippen LogP contribution is 2.12. The molecule has 1 aliphatic heterocycles. The molecule has 2 amide bonds. The Kier molecular flexibility index (Phi) is 7.92. The SMILES string of the molecule is Cc1cccc(OCCNC(=O)COC(=O)CN2CCCCCC2=O)c1. The van der Waals surface area contributed by atoms with Crippen molar-refractivity contribution in [3.05, 3.63) is 29.8 Å². The molecular weight excluding hydrogens is 336 g/mol. The Bertz CT molecular complexity index is 632. The number of amides is 2. The first-order valence-electron chi connectivity index (χ1n) is 8.94. The standard InChI is InChI=1S/C19H26N2O5/c1-15-6-5-7-16(12-15)25-11-9-20-17(22)14-26-19(24)13-21-10-4-2-3-8-18(21)23/h5-7,12H,2-4,8-11,13-14H2,1H3,(H,20,22).